The molecule has 8 heteroatoms. The van der Waals surface area contributed by atoms with Gasteiger partial charge in [0.1, 0.15) is 0 Å². The van der Waals surface area contributed by atoms with E-state index in [1.165, 1.54) is 96.4 Å². The second-order valence-corrected chi connectivity index (χ2v) is 15.0. The molecule has 0 aromatic carbocycles. The fourth-order valence-electron chi connectivity index (χ4n) is 7.88. The highest BCUT2D eigenvalue weighted by Crippen LogP contribution is 2.56. The number of hydrogen-bond acceptors (Lipinski definition) is 8. The first kappa shape index (κ1) is 52.0. The van der Waals surface area contributed by atoms with Gasteiger partial charge < -0.3 is 43.6 Å². The van der Waals surface area contributed by atoms with E-state index in [4.69, 9.17) is 38.3 Å². The number of nitrogens with two attached hydrogens (primary N) is 4. The molecule has 12 N–H and O–H groups in total. The first-order valence-corrected chi connectivity index (χ1v) is 20.4. The Bertz CT molecular complexity index is 607. The molecule has 5 atom stereocenters. The lowest BCUT2D eigenvalue weighted by Gasteiger charge is -2.42. The molecule has 0 heterocycles. The van der Waals surface area contributed by atoms with Gasteiger partial charge in [0, 0.05) is 19.8 Å². The van der Waals surface area contributed by atoms with E-state index >= 15 is 0 Å². The van der Waals surface area contributed by atoms with Gasteiger partial charge in [-0.2, -0.15) is 0 Å². The third kappa shape index (κ3) is 25.6. The highest BCUT2D eigenvalue weighted by molar-refractivity contribution is 4.97. The Hall–Kier alpha value is -0.320. The molecule has 0 saturated heterocycles. The Morgan fingerprint density at radius 2 is 1.19 bits per heavy atom. The summed E-state index contributed by atoms with van der Waals surface area (Å²) in [4.78, 5) is 0. The van der Waals surface area contributed by atoms with Crippen molar-refractivity contribution in [1.82, 2.24) is 5.32 Å². The Kier molecular flexibility index (Phi) is 39.5. The van der Waals surface area contributed by atoms with Crippen molar-refractivity contribution < 1.29 is 15.3 Å². The van der Waals surface area contributed by atoms with Crippen molar-refractivity contribution in [2.45, 2.75) is 164 Å². The second kappa shape index (κ2) is 36.5. The quantitative estimate of drug-likeness (QED) is 0.0597. The van der Waals surface area contributed by atoms with Crippen LogP contribution >= 0.6 is 0 Å². The Balaban J connectivity index is -0.000000982. The predicted molar refractivity (Wildman–Crippen MR) is 212 cm³/mol. The first-order chi connectivity index (χ1) is 23.1. The molecule has 2 aliphatic rings. The van der Waals surface area contributed by atoms with Crippen molar-refractivity contribution >= 4 is 0 Å². The molecule has 0 bridgehead atoms. The van der Waals surface area contributed by atoms with Crippen LogP contribution in [0.1, 0.15) is 164 Å². The summed E-state index contributed by atoms with van der Waals surface area (Å²) in [7, 11) is 0. The van der Waals surface area contributed by atoms with Crippen LogP contribution in [-0.4, -0.2) is 74.4 Å². The molecule has 0 radical (unpaired) electrons. The lowest BCUT2D eigenvalue weighted by molar-refractivity contribution is 0.0753. The molecule has 8 nitrogen and oxygen atoms in total. The minimum absolute atomic E-state index is 0.219. The van der Waals surface area contributed by atoms with Crippen molar-refractivity contribution in [2.75, 3.05) is 59.1 Å². The van der Waals surface area contributed by atoms with Crippen molar-refractivity contribution in [1.29, 1.82) is 0 Å². The molecule has 0 aromatic heterocycles. The van der Waals surface area contributed by atoms with E-state index < -0.39 is 0 Å². The maximum Gasteiger partial charge on any atom is 0.0443 e. The fourth-order valence-corrected chi connectivity index (χ4v) is 7.88. The molecule has 0 amide bonds. The lowest BCUT2D eigenvalue weighted by Crippen LogP contribution is -2.33. The molecule has 2 aliphatic carbocycles. The van der Waals surface area contributed by atoms with E-state index in [9.17, 15) is 0 Å². The molecule has 2 fully saturated rings. The smallest absolute Gasteiger partial charge is 0.0443 e. The summed E-state index contributed by atoms with van der Waals surface area (Å²) in [5.41, 5.74) is 21.7. The van der Waals surface area contributed by atoms with E-state index in [-0.39, 0.29) is 19.8 Å². The average molecular weight is 690 g/mol. The van der Waals surface area contributed by atoms with Crippen LogP contribution in [0.3, 0.4) is 0 Å². The highest BCUT2D eigenvalue weighted by Gasteiger charge is 2.47. The van der Waals surface area contributed by atoms with Crippen LogP contribution in [0.25, 0.3) is 0 Å². The SMILES string of the molecule is CC.CCC[C@]1(C)C(CCCCNCCCCN)CCC1C(C)CCC1CCCCC1(C)C.NCCCO.NCCCO.NCCCO. The highest BCUT2D eigenvalue weighted by atomic mass is 16.3. The van der Waals surface area contributed by atoms with Crippen molar-refractivity contribution in [3.8, 4) is 0 Å². The summed E-state index contributed by atoms with van der Waals surface area (Å²) in [6, 6.07) is 0. The van der Waals surface area contributed by atoms with Crippen LogP contribution in [0.15, 0.2) is 0 Å². The van der Waals surface area contributed by atoms with Crippen LogP contribution in [0, 0.1) is 34.5 Å². The zero-order valence-electron chi connectivity index (χ0n) is 33.6. The molecule has 294 valence electrons. The van der Waals surface area contributed by atoms with Gasteiger partial charge in [-0.05, 0) is 157 Å². The van der Waals surface area contributed by atoms with Crippen molar-refractivity contribution in [3.05, 3.63) is 0 Å². The first-order valence-electron chi connectivity index (χ1n) is 20.4. The van der Waals surface area contributed by atoms with Gasteiger partial charge >= 0.3 is 0 Å². The minimum atomic E-state index is 0.219. The number of aliphatic hydroxyl groups is 3. The Labute approximate surface area is 300 Å². The van der Waals surface area contributed by atoms with E-state index in [0.29, 0.717) is 30.5 Å². The monoisotopic (exact) mass is 690 g/mol. The third-order valence-corrected chi connectivity index (χ3v) is 10.8. The number of unbranched alkanes of at least 4 members (excludes halogenated alkanes) is 2. The molecule has 0 aromatic rings. The normalized spacial score (nSPS) is 23.2. The number of aliphatic hydroxyl groups excluding tert-OH is 3. The molecular formula is C40H91N5O3. The molecule has 48 heavy (non-hydrogen) atoms. The van der Waals surface area contributed by atoms with Crippen molar-refractivity contribution in [2.24, 2.45) is 57.4 Å². The van der Waals surface area contributed by atoms with Crippen molar-refractivity contribution in [3.63, 3.8) is 0 Å². The van der Waals surface area contributed by atoms with Gasteiger partial charge in [-0.1, -0.05) is 80.6 Å². The van der Waals surface area contributed by atoms with Gasteiger partial charge in [0.15, 0.2) is 0 Å². The summed E-state index contributed by atoms with van der Waals surface area (Å²) >= 11 is 0. The van der Waals surface area contributed by atoms with Gasteiger partial charge in [0.25, 0.3) is 0 Å². The maximum absolute atomic E-state index is 7.99. The largest absolute Gasteiger partial charge is 0.396 e. The van der Waals surface area contributed by atoms with Gasteiger partial charge in [-0.3, -0.25) is 0 Å². The third-order valence-electron chi connectivity index (χ3n) is 10.8. The molecule has 0 aliphatic heterocycles. The zero-order chi connectivity index (χ0) is 37.1. The zero-order valence-corrected chi connectivity index (χ0v) is 33.6. The standard InChI is InChI=1S/C29H58N2.3C3H9NO.C2H6/c1-6-19-29(5)26(14-8-11-22-31-23-12-10-21-30)17-18-27(29)24(2)15-16-25-13-7-9-20-28(25,3)4;3*4-2-1-3-5;1-2/h24-27,31H,6-23,30H2,1-5H3;3*5H,1-4H2;1-2H3/t24?,25?,26?,27?,29-;;;;/m1..../s1. The molecule has 2 rings (SSSR count). The summed E-state index contributed by atoms with van der Waals surface area (Å²) in [6.45, 7) is 22.4. The Morgan fingerprint density at radius 3 is 1.62 bits per heavy atom. The van der Waals surface area contributed by atoms with Gasteiger partial charge in [-0.25, -0.2) is 0 Å². The summed E-state index contributed by atoms with van der Waals surface area (Å²) in [6.07, 6.45) is 23.4. The number of nitrogens with one attached hydrogen (secondary N) is 1. The topological polar surface area (TPSA) is 177 Å². The van der Waals surface area contributed by atoms with Crippen LogP contribution in [-0.2, 0) is 0 Å². The van der Waals surface area contributed by atoms with Crippen LogP contribution in [0.4, 0.5) is 0 Å². The van der Waals surface area contributed by atoms with Gasteiger partial charge in [0.2, 0.25) is 0 Å². The van der Waals surface area contributed by atoms with Crippen LogP contribution < -0.4 is 28.3 Å². The minimum Gasteiger partial charge on any atom is -0.396 e. The second-order valence-electron chi connectivity index (χ2n) is 15.0. The lowest BCUT2D eigenvalue weighted by atomic mass is 9.63. The molecular weight excluding hydrogens is 598 g/mol. The van der Waals surface area contributed by atoms with E-state index in [2.05, 4.69) is 39.9 Å². The van der Waals surface area contributed by atoms with E-state index in [1.54, 1.807) is 0 Å². The van der Waals surface area contributed by atoms with E-state index in [1.807, 2.05) is 13.8 Å². The van der Waals surface area contributed by atoms with Crippen LogP contribution in [0.5, 0.6) is 0 Å². The van der Waals surface area contributed by atoms with Crippen LogP contribution in [0.2, 0.25) is 0 Å². The fraction of sp³-hybridized carbons (Fsp3) is 1.00. The molecule has 2 saturated carbocycles. The summed E-state index contributed by atoms with van der Waals surface area (Å²) in [5, 5.41) is 27.6. The Morgan fingerprint density at radius 1 is 0.667 bits per heavy atom. The average Bonchev–Trinajstić information content (AvgIpc) is 3.39. The predicted octanol–water partition coefficient (Wildman–Crippen LogP) is 6.96. The van der Waals surface area contributed by atoms with Gasteiger partial charge in [0.05, 0.1) is 0 Å². The number of rotatable bonds is 21. The maximum atomic E-state index is 7.99. The molecule has 0 spiro atoms. The number of hydrogen-bond donors (Lipinski definition) is 8. The van der Waals surface area contributed by atoms with Gasteiger partial charge in [-0.15, -0.1) is 0 Å². The van der Waals surface area contributed by atoms with E-state index in [0.717, 1.165) is 62.4 Å². The summed E-state index contributed by atoms with van der Waals surface area (Å²) in [5.74, 6) is 3.79. The summed E-state index contributed by atoms with van der Waals surface area (Å²) < 4.78 is 0. The molecule has 4 unspecified atom stereocenters.